The molecule has 0 unspecified atom stereocenters. The molecule has 1 aliphatic carbocycles. The van der Waals surface area contributed by atoms with Crippen molar-refractivity contribution in [3.63, 3.8) is 0 Å². The van der Waals surface area contributed by atoms with Gasteiger partial charge in [-0.3, -0.25) is 0 Å². The van der Waals surface area contributed by atoms with E-state index < -0.39 is 5.41 Å². The van der Waals surface area contributed by atoms with Gasteiger partial charge in [0.25, 0.3) is 0 Å². The predicted molar refractivity (Wildman–Crippen MR) is 252 cm³/mol. The van der Waals surface area contributed by atoms with Gasteiger partial charge in [0.15, 0.2) is 5.82 Å². The van der Waals surface area contributed by atoms with Crippen LogP contribution in [0.15, 0.2) is 243 Å². The van der Waals surface area contributed by atoms with Crippen molar-refractivity contribution in [3.05, 3.63) is 265 Å². The number of aromatic nitrogens is 2. The molecule has 0 saturated heterocycles. The molecular formula is C59H40N2. The maximum atomic E-state index is 5.23. The van der Waals surface area contributed by atoms with E-state index in [1.54, 1.807) is 0 Å². The van der Waals surface area contributed by atoms with Gasteiger partial charge >= 0.3 is 0 Å². The zero-order valence-electron chi connectivity index (χ0n) is 33.5. The average Bonchev–Trinajstić information content (AvgIpc) is 3.66. The summed E-state index contributed by atoms with van der Waals surface area (Å²) in [6.45, 7) is 0. The van der Waals surface area contributed by atoms with Gasteiger partial charge in [0.2, 0.25) is 0 Å². The third-order valence-electron chi connectivity index (χ3n) is 12.1. The third-order valence-corrected chi connectivity index (χ3v) is 12.1. The Bertz CT molecular complexity index is 3070. The van der Waals surface area contributed by atoms with E-state index in [-0.39, 0.29) is 0 Å². The molecule has 0 amide bonds. The van der Waals surface area contributed by atoms with Crippen molar-refractivity contribution >= 4 is 0 Å². The first-order chi connectivity index (χ1) is 30.2. The van der Waals surface area contributed by atoms with Crippen LogP contribution in [-0.2, 0) is 5.41 Å². The summed E-state index contributed by atoms with van der Waals surface area (Å²) in [6, 6.07) is 87.2. The Morgan fingerprint density at radius 1 is 0.246 bits per heavy atom. The molecule has 0 N–H and O–H groups in total. The molecule has 0 atom stereocenters. The first-order valence-electron chi connectivity index (χ1n) is 20.9. The summed E-state index contributed by atoms with van der Waals surface area (Å²) in [5.74, 6) is 0.687. The minimum Gasteiger partial charge on any atom is -0.228 e. The molecule has 0 radical (unpaired) electrons. The van der Waals surface area contributed by atoms with Crippen molar-refractivity contribution in [1.82, 2.24) is 9.97 Å². The fraction of sp³-hybridized carbons (Fsp3) is 0.0169. The summed E-state index contributed by atoms with van der Waals surface area (Å²) < 4.78 is 0. The van der Waals surface area contributed by atoms with Crippen molar-refractivity contribution in [3.8, 4) is 78.4 Å². The van der Waals surface area contributed by atoms with Gasteiger partial charge in [-0.1, -0.05) is 206 Å². The second-order valence-electron chi connectivity index (χ2n) is 15.7. The summed E-state index contributed by atoms with van der Waals surface area (Å²) in [4.78, 5) is 10.5. The molecule has 9 aromatic carbocycles. The molecule has 1 aromatic heterocycles. The minimum absolute atomic E-state index is 0.464. The van der Waals surface area contributed by atoms with E-state index in [0.29, 0.717) is 5.82 Å². The van der Waals surface area contributed by atoms with E-state index in [0.717, 1.165) is 55.9 Å². The maximum Gasteiger partial charge on any atom is 0.160 e. The Balaban J connectivity index is 1.06. The lowest BCUT2D eigenvalue weighted by atomic mass is 9.67. The molecule has 0 saturated carbocycles. The SMILES string of the molecule is c1ccc(-c2cc(-c3cccc(-c4cccc(C5(c6ccccc6)c6ccccc6-c6ccccc65)c4)c3)cc(-c3nc(-c4ccccc4)cc(-c4ccccc4)n3)c2)cc1. The number of fused-ring (bicyclic) bond motifs is 3. The van der Waals surface area contributed by atoms with Gasteiger partial charge in [-0.25, -0.2) is 9.97 Å². The van der Waals surface area contributed by atoms with Crippen LogP contribution in [-0.4, -0.2) is 9.97 Å². The van der Waals surface area contributed by atoms with Gasteiger partial charge in [0, 0.05) is 16.7 Å². The highest BCUT2D eigenvalue weighted by molar-refractivity contribution is 5.87. The number of rotatable bonds is 8. The lowest BCUT2D eigenvalue weighted by molar-refractivity contribution is 0.769. The molecule has 0 bridgehead atoms. The van der Waals surface area contributed by atoms with E-state index in [9.17, 15) is 0 Å². The molecule has 1 aliphatic rings. The number of nitrogens with zero attached hydrogens (tertiary/aromatic N) is 2. The number of benzene rings is 9. The van der Waals surface area contributed by atoms with Crippen LogP contribution >= 0.6 is 0 Å². The zero-order valence-corrected chi connectivity index (χ0v) is 33.5. The summed E-state index contributed by atoms with van der Waals surface area (Å²) in [7, 11) is 0. The van der Waals surface area contributed by atoms with E-state index in [4.69, 9.17) is 9.97 Å². The van der Waals surface area contributed by atoms with Crippen LogP contribution in [0.25, 0.3) is 78.4 Å². The van der Waals surface area contributed by atoms with Crippen LogP contribution in [0.3, 0.4) is 0 Å². The lowest BCUT2D eigenvalue weighted by Crippen LogP contribution is -2.28. The van der Waals surface area contributed by atoms with Gasteiger partial charge in [-0.2, -0.15) is 0 Å². The molecule has 0 fully saturated rings. The standard InChI is InChI=1S/C59H40N2/c1-5-19-41(20-6-1)47-36-48(38-49(37-47)58-60-56(42-21-7-2-8-22-42)40-57(61-58)43-23-9-3-10-24-43)45-26-17-25-44(35-45)46-27-18-30-51(39-46)59(50-28-11-4-12-29-50)54-33-15-13-31-52(54)53-32-14-16-34-55(53)59/h1-40H. The maximum absolute atomic E-state index is 5.23. The second-order valence-corrected chi connectivity index (χ2v) is 15.7. The van der Waals surface area contributed by atoms with Crippen LogP contribution in [0.5, 0.6) is 0 Å². The van der Waals surface area contributed by atoms with Gasteiger partial charge in [-0.15, -0.1) is 0 Å². The molecule has 2 heteroatoms. The average molecular weight is 777 g/mol. The quantitative estimate of drug-likeness (QED) is 0.154. The Morgan fingerprint density at radius 3 is 1.20 bits per heavy atom. The largest absolute Gasteiger partial charge is 0.228 e. The summed E-state index contributed by atoms with van der Waals surface area (Å²) in [5.41, 5.74) is 18.9. The highest BCUT2D eigenvalue weighted by atomic mass is 14.9. The van der Waals surface area contributed by atoms with Crippen molar-refractivity contribution in [2.24, 2.45) is 0 Å². The van der Waals surface area contributed by atoms with E-state index in [2.05, 4.69) is 231 Å². The van der Waals surface area contributed by atoms with E-state index in [1.165, 1.54) is 38.9 Å². The zero-order chi connectivity index (χ0) is 40.6. The van der Waals surface area contributed by atoms with E-state index in [1.807, 2.05) is 12.1 Å². The number of hydrogen-bond donors (Lipinski definition) is 0. The van der Waals surface area contributed by atoms with Crippen molar-refractivity contribution < 1.29 is 0 Å². The van der Waals surface area contributed by atoms with Crippen molar-refractivity contribution in [1.29, 1.82) is 0 Å². The third kappa shape index (κ3) is 6.46. The molecule has 1 heterocycles. The fourth-order valence-corrected chi connectivity index (χ4v) is 9.33. The second kappa shape index (κ2) is 15.3. The highest BCUT2D eigenvalue weighted by Crippen LogP contribution is 2.56. The van der Waals surface area contributed by atoms with Crippen LogP contribution in [0.1, 0.15) is 22.3 Å². The smallest absolute Gasteiger partial charge is 0.160 e. The van der Waals surface area contributed by atoms with Crippen molar-refractivity contribution in [2.75, 3.05) is 0 Å². The Kier molecular flexibility index (Phi) is 9.09. The Hall–Kier alpha value is -7.94. The van der Waals surface area contributed by atoms with Crippen LogP contribution in [0.4, 0.5) is 0 Å². The Morgan fingerprint density at radius 2 is 0.623 bits per heavy atom. The monoisotopic (exact) mass is 776 g/mol. The minimum atomic E-state index is -0.464. The van der Waals surface area contributed by atoms with Gasteiger partial charge in [0.1, 0.15) is 0 Å². The van der Waals surface area contributed by atoms with Crippen molar-refractivity contribution in [2.45, 2.75) is 5.41 Å². The van der Waals surface area contributed by atoms with Crippen LogP contribution in [0, 0.1) is 0 Å². The molecule has 0 aliphatic heterocycles. The molecule has 0 spiro atoms. The summed E-state index contributed by atoms with van der Waals surface area (Å²) in [5, 5.41) is 0. The molecule has 11 rings (SSSR count). The first-order valence-corrected chi connectivity index (χ1v) is 20.9. The van der Waals surface area contributed by atoms with E-state index >= 15 is 0 Å². The molecular weight excluding hydrogens is 737 g/mol. The normalized spacial score (nSPS) is 12.4. The molecule has 286 valence electrons. The highest BCUT2D eigenvalue weighted by Gasteiger charge is 2.45. The Labute approximate surface area is 357 Å². The fourth-order valence-electron chi connectivity index (χ4n) is 9.33. The lowest BCUT2D eigenvalue weighted by Gasteiger charge is -2.34. The summed E-state index contributed by atoms with van der Waals surface area (Å²) in [6.07, 6.45) is 0. The molecule has 2 nitrogen and oxygen atoms in total. The molecule has 10 aromatic rings. The van der Waals surface area contributed by atoms with Gasteiger partial charge < -0.3 is 0 Å². The van der Waals surface area contributed by atoms with Crippen LogP contribution in [0.2, 0.25) is 0 Å². The predicted octanol–water partition coefficient (Wildman–Crippen LogP) is 14.8. The van der Waals surface area contributed by atoms with Crippen LogP contribution < -0.4 is 0 Å². The van der Waals surface area contributed by atoms with Gasteiger partial charge in [0.05, 0.1) is 16.8 Å². The topological polar surface area (TPSA) is 25.8 Å². The number of hydrogen-bond acceptors (Lipinski definition) is 2. The summed E-state index contributed by atoms with van der Waals surface area (Å²) >= 11 is 0. The van der Waals surface area contributed by atoms with Gasteiger partial charge in [-0.05, 0) is 103 Å². The molecule has 61 heavy (non-hydrogen) atoms. The first kappa shape index (κ1) is 36.2.